The van der Waals surface area contributed by atoms with Crippen LogP contribution in [0, 0.1) is 23.1 Å². The molecule has 3 aliphatic rings. The van der Waals surface area contributed by atoms with Crippen molar-refractivity contribution in [1.29, 1.82) is 5.26 Å². The first-order valence-electron chi connectivity index (χ1n) is 15.3. The normalized spacial score (nSPS) is 26.7. The molecule has 5 atom stereocenters. The smallest absolute Gasteiger partial charge is 0.306 e. The molecule has 3 aromatic rings. The highest BCUT2D eigenvalue weighted by Crippen LogP contribution is 2.49. The van der Waals surface area contributed by atoms with E-state index in [0.717, 1.165) is 25.7 Å². The zero-order valence-electron chi connectivity index (χ0n) is 25.3. The summed E-state index contributed by atoms with van der Waals surface area (Å²) < 4.78 is 39.2. The lowest BCUT2D eigenvalue weighted by Crippen LogP contribution is -2.41. The lowest BCUT2D eigenvalue weighted by molar-refractivity contribution is -0.207. The van der Waals surface area contributed by atoms with Gasteiger partial charge >= 0.3 is 5.97 Å². The van der Waals surface area contributed by atoms with E-state index < -0.39 is 41.6 Å². The third-order valence-electron chi connectivity index (χ3n) is 8.77. The number of anilines is 1. The van der Waals surface area contributed by atoms with Crippen molar-refractivity contribution in [3.8, 4) is 6.07 Å². The molecule has 2 saturated heterocycles. The molecule has 0 radical (unpaired) electrons. The molecule has 2 aromatic heterocycles. The summed E-state index contributed by atoms with van der Waals surface area (Å²) in [5.41, 5.74) is 5.89. The number of ether oxygens (including phenoxy) is 4. The summed E-state index contributed by atoms with van der Waals surface area (Å²) in [6.45, 7) is 3.41. The summed E-state index contributed by atoms with van der Waals surface area (Å²) in [5, 5.41) is 17.7. The lowest BCUT2D eigenvalue weighted by atomic mass is 9.87. The lowest BCUT2D eigenvalue weighted by Gasteiger charge is -2.29. The van der Waals surface area contributed by atoms with Gasteiger partial charge in [-0.15, -0.1) is 0 Å². The largest absolute Gasteiger partial charge is 0.463 e. The molecular weight excluding hydrogens is 583 g/mol. The average molecular weight is 621 g/mol. The highest BCUT2D eigenvalue weighted by molar-refractivity contribution is 5.97. The molecule has 0 unspecified atom stereocenters. The van der Waals surface area contributed by atoms with Gasteiger partial charge in [0.15, 0.2) is 11.6 Å². The number of nitrogens with two attached hydrogens (primary N) is 1. The van der Waals surface area contributed by atoms with Crippen LogP contribution in [0.4, 0.5) is 10.2 Å². The van der Waals surface area contributed by atoms with Crippen molar-refractivity contribution >= 4 is 23.2 Å². The molecule has 6 rings (SSSR count). The first-order chi connectivity index (χ1) is 21.6. The minimum Gasteiger partial charge on any atom is -0.463 e. The van der Waals surface area contributed by atoms with E-state index in [9.17, 15) is 19.2 Å². The first-order valence-corrected chi connectivity index (χ1v) is 15.3. The number of aromatic nitrogens is 3. The number of carbonyl (C=O) groups is 2. The van der Waals surface area contributed by atoms with Crippen LogP contribution >= 0.6 is 0 Å². The Morgan fingerprint density at radius 2 is 1.91 bits per heavy atom. The fourth-order valence-electron chi connectivity index (χ4n) is 6.58. The predicted molar refractivity (Wildman–Crippen MR) is 158 cm³/mol. The number of benzene rings is 1. The summed E-state index contributed by atoms with van der Waals surface area (Å²) in [5.74, 6) is -1.70. The van der Waals surface area contributed by atoms with E-state index in [-0.39, 0.29) is 30.6 Å². The van der Waals surface area contributed by atoms with Crippen molar-refractivity contribution in [2.75, 3.05) is 11.9 Å². The molecule has 0 bridgehead atoms. The number of carbonyl (C=O) groups excluding carboxylic acids is 2. The number of hydrogen-bond acceptors (Lipinski definition) is 10. The zero-order chi connectivity index (χ0) is 31.8. The maximum Gasteiger partial charge on any atom is 0.306 e. The second kappa shape index (κ2) is 12.4. The molecule has 4 heterocycles. The molecule has 1 amide bonds. The standard InChI is InChI=1S/C32H37FN6O6/c1-31(2)44-27-24(16-42-26(40)15-19-6-4-3-5-7-19)43-32(17-34,28(27)45-31)25-13-12-23-29(36-18-37-39(23)25)38-30(41)22(35)14-20-8-10-21(33)11-9-20/h8-13,18-19,22,24,27-28H,3-7,14-16,35H2,1-2H3,(H,36,37,38,41)/t22-,24+,27+,28+,32-/m0/s1. The van der Waals surface area contributed by atoms with Gasteiger partial charge in [0.25, 0.3) is 0 Å². The number of hydrogen-bond donors (Lipinski definition) is 2. The molecule has 2 aliphatic heterocycles. The molecule has 45 heavy (non-hydrogen) atoms. The van der Waals surface area contributed by atoms with Crippen LogP contribution in [0.25, 0.3) is 5.52 Å². The van der Waals surface area contributed by atoms with Gasteiger partial charge in [-0.25, -0.2) is 13.9 Å². The van der Waals surface area contributed by atoms with Crippen molar-refractivity contribution in [3.05, 3.63) is 59.8 Å². The second-order valence-electron chi connectivity index (χ2n) is 12.5. The fourth-order valence-corrected chi connectivity index (χ4v) is 6.58. The van der Waals surface area contributed by atoms with Gasteiger partial charge in [-0.3, -0.25) is 9.59 Å². The van der Waals surface area contributed by atoms with Crippen LogP contribution in [-0.2, 0) is 40.6 Å². The first kappa shape index (κ1) is 31.0. The van der Waals surface area contributed by atoms with E-state index in [1.807, 2.05) is 0 Å². The van der Waals surface area contributed by atoms with Gasteiger partial charge in [-0.1, -0.05) is 31.4 Å². The molecule has 3 N–H and O–H groups in total. The molecule has 1 aromatic carbocycles. The Hall–Kier alpha value is -3.96. The van der Waals surface area contributed by atoms with Gasteiger partial charge in [0.2, 0.25) is 11.5 Å². The van der Waals surface area contributed by atoms with Crippen LogP contribution in [-0.4, -0.2) is 63.2 Å². The number of nitrogens with one attached hydrogen (secondary N) is 1. The Bertz CT molecular complexity index is 1600. The van der Waals surface area contributed by atoms with Crippen LogP contribution in [0.15, 0.2) is 42.7 Å². The average Bonchev–Trinajstić information content (AvgIpc) is 3.68. The van der Waals surface area contributed by atoms with Gasteiger partial charge in [0, 0.05) is 6.42 Å². The monoisotopic (exact) mass is 620 g/mol. The van der Waals surface area contributed by atoms with Crippen LogP contribution in [0.1, 0.15) is 63.6 Å². The van der Waals surface area contributed by atoms with Gasteiger partial charge in [0.05, 0.1) is 11.7 Å². The molecular formula is C32H37FN6O6. The maximum absolute atomic E-state index is 13.3. The summed E-state index contributed by atoms with van der Waals surface area (Å²) in [7, 11) is 0. The van der Waals surface area contributed by atoms with E-state index >= 15 is 0 Å². The Morgan fingerprint density at radius 1 is 1.16 bits per heavy atom. The third-order valence-corrected chi connectivity index (χ3v) is 8.77. The highest BCUT2D eigenvalue weighted by atomic mass is 19.1. The van der Waals surface area contributed by atoms with Crippen molar-refractivity contribution < 1.29 is 32.9 Å². The van der Waals surface area contributed by atoms with E-state index in [2.05, 4.69) is 21.5 Å². The zero-order valence-corrected chi connectivity index (χ0v) is 25.3. The Kier molecular flexibility index (Phi) is 8.58. The summed E-state index contributed by atoms with van der Waals surface area (Å²) in [4.78, 5) is 29.9. The van der Waals surface area contributed by atoms with Gasteiger partial charge in [0.1, 0.15) is 48.6 Å². The minimum absolute atomic E-state index is 0.0961. The maximum atomic E-state index is 13.3. The minimum atomic E-state index is -1.68. The van der Waals surface area contributed by atoms with Gasteiger partial charge in [-0.2, -0.15) is 10.4 Å². The Labute approximate surface area is 260 Å². The molecule has 1 aliphatic carbocycles. The Balaban J connectivity index is 1.21. The summed E-state index contributed by atoms with van der Waals surface area (Å²) in [6.07, 6.45) is 4.95. The topological polar surface area (TPSA) is 163 Å². The van der Waals surface area contributed by atoms with Gasteiger partial charge < -0.3 is 30.0 Å². The second-order valence-corrected chi connectivity index (χ2v) is 12.5. The van der Waals surface area contributed by atoms with Crippen LogP contribution in [0.3, 0.4) is 0 Å². The summed E-state index contributed by atoms with van der Waals surface area (Å²) in [6, 6.07) is 10.4. The molecule has 0 spiro atoms. The van der Waals surface area contributed by atoms with Crippen LogP contribution in [0.2, 0.25) is 0 Å². The number of esters is 1. The quantitative estimate of drug-likeness (QED) is 0.338. The molecule has 1 saturated carbocycles. The third kappa shape index (κ3) is 6.28. The highest BCUT2D eigenvalue weighted by Gasteiger charge is 2.65. The molecule has 12 nitrogen and oxygen atoms in total. The number of amides is 1. The number of rotatable bonds is 9. The number of nitrogens with zero attached hydrogens (tertiary/aromatic N) is 4. The number of nitriles is 1. The van der Waals surface area contributed by atoms with E-state index in [1.165, 1.54) is 29.4 Å². The molecule has 238 valence electrons. The van der Waals surface area contributed by atoms with Crippen molar-refractivity contribution in [1.82, 2.24) is 14.6 Å². The van der Waals surface area contributed by atoms with E-state index in [1.54, 1.807) is 38.1 Å². The number of halogens is 1. The SMILES string of the molecule is CC1(C)O[C@H]2[C@@H](O1)[C@](C#N)(c1ccc3c(NC(=O)[C@@H](N)Cc4ccc(F)cc4)ncnn13)O[C@@H]2COC(=O)CC1CCCCC1. The fraction of sp³-hybridized carbons (Fsp3) is 0.531. The van der Waals surface area contributed by atoms with E-state index in [4.69, 9.17) is 24.7 Å². The van der Waals surface area contributed by atoms with Crippen molar-refractivity contribution in [2.45, 2.75) is 94.5 Å². The van der Waals surface area contributed by atoms with Crippen LogP contribution in [0.5, 0.6) is 0 Å². The summed E-state index contributed by atoms with van der Waals surface area (Å²) >= 11 is 0. The number of fused-ring (bicyclic) bond motifs is 2. The van der Waals surface area contributed by atoms with Crippen molar-refractivity contribution in [3.63, 3.8) is 0 Å². The molecule has 3 fully saturated rings. The van der Waals surface area contributed by atoms with Gasteiger partial charge in [-0.05, 0) is 68.9 Å². The Morgan fingerprint density at radius 3 is 2.64 bits per heavy atom. The van der Waals surface area contributed by atoms with Crippen molar-refractivity contribution in [2.24, 2.45) is 11.7 Å². The molecule has 13 heteroatoms. The predicted octanol–water partition coefficient (Wildman–Crippen LogP) is 3.53. The van der Waals surface area contributed by atoms with E-state index in [0.29, 0.717) is 29.1 Å². The van der Waals surface area contributed by atoms with Crippen LogP contribution < -0.4 is 11.1 Å².